The summed E-state index contributed by atoms with van der Waals surface area (Å²) in [6, 6.07) is 13.0. The van der Waals surface area contributed by atoms with Gasteiger partial charge in [-0.05, 0) is 68.7 Å². The molecule has 2 aromatic rings. The molecule has 0 bridgehead atoms. The van der Waals surface area contributed by atoms with Gasteiger partial charge in [0.05, 0.1) is 14.2 Å². The van der Waals surface area contributed by atoms with E-state index < -0.39 is 12.1 Å². The molecule has 32 heavy (non-hydrogen) atoms. The summed E-state index contributed by atoms with van der Waals surface area (Å²) in [6.45, 7) is 3.67. The maximum absolute atomic E-state index is 12.4. The van der Waals surface area contributed by atoms with Gasteiger partial charge in [-0.25, -0.2) is 4.79 Å². The Balaban J connectivity index is 1.52. The van der Waals surface area contributed by atoms with Crippen LogP contribution in [0.2, 0.25) is 0 Å². The first-order chi connectivity index (χ1) is 15.5. The zero-order valence-corrected chi connectivity index (χ0v) is 18.8. The molecule has 1 atom stereocenters. The van der Waals surface area contributed by atoms with Crippen LogP contribution in [0.5, 0.6) is 11.5 Å². The van der Waals surface area contributed by atoms with Gasteiger partial charge >= 0.3 is 5.97 Å². The van der Waals surface area contributed by atoms with E-state index >= 15 is 0 Å². The molecular formula is C25H30N2O5. The van der Waals surface area contributed by atoms with Crippen molar-refractivity contribution in [2.24, 2.45) is 0 Å². The average Bonchev–Trinajstić information content (AvgIpc) is 2.83. The lowest BCUT2D eigenvalue weighted by Gasteiger charge is -2.28. The second-order valence-electron chi connectivity index (χ2n) is 7.60. The number of rotatable bonds is 8. The van der Waals surface area contributed by atoms with E-state index in [1.165, 1.54) is 39.4 Å². The van der Waals surface area contributed by atoms with E-state index in [2.05, 4.69) is 10.2 Å². The van der Waals surface area contributed by atoms with Crippen LogP contribution in [0.4, 0.5) is 11.4 Å². The van der Waals surface area contributed by atoms with Crippen LogP contribution in [0.1, 0.15) is 31.7 Å². The number of piperidine rings is 1. The molecule has 1 N–H and O–H groups in total. The number of carbonyl (C=O) groups is 2. The van der Waals surface area contributed by atoms with Crippen LogP contribution in [0.15, 0.2) is 48.5 Å². The smallest absolute Gasteiger partial charge is 0.331 e. The van der Waals surface area contributed by atoms with Gasteiger partial charge in [-0.1, -0.05) is 0 Å². The Kier molecular flexibility index (Phi) is 8.14. The van der Waals surface area contributed by atoms with Gasteiger partial charge in [0, 0.05) is 42.2 Å². The van der Waals surface area contributed by atoms with Gasteiger partial charge < -0.3 is 24.4 Å². The van der Waals surface area contributed by atoms with Crippen LogP contribution in [0.25, 0.3) is 6.08 Å². The number of esters is 1. The Labute approximate surface area is 189 Å². The summed E-state index contributed by atoms with van der Waals surface area (Å²) in [5.41, 5.74) is 2.51. The van der Waals surface area contributed by atoms with E-state index in [1.807, 2.05) is 24.3 Å². The summed E-state index contributed by atoms with van der Waals surface area (Å²) in [7, 11) is 3.10. The number of ether oxygens (including phenoxy) is 3. The first-order valence-electron chi connectivity index (χ1n) is 10.8. The van der Waals surface area contributed by atoms with Crippen molar-refractivity contribution in [1.29, 1.82) is 0 Å². The molecule has 1 amide bonds. The highest BCUT2D eigenvalue weighted by Gasteiger charge is 2.17. The fraction of sp³-hybridized carbons (Fsp3) is 0.360. The molecule has 0 radical (unpaired) electrons. The fourth-order valence-corrected chi connectivity index (χ4v) is 3.53. The fourth-order valence-electron chi connectivity index (χ4n) is 3.53. The van der Waals surface area contributed by atoms with Gasteiger partial charge in [0.2, 0.25) is 0 Å². The molecule has 1 aliphatic rings. The first-order valence-corrected chi connectivity index (χ1v) is 10.8. The molecular weight excluding hydrogens is 408 g/mol. The minimum absolute atomic E-state index is 0.389. The number of anilines is 2. The molecule has 0 aromatic heterocycles. The zero-order valence-electron chi connectivity index (χ0n) is 18.8. The van der Waals surface area contributed by atoms with Gasteiger partial charge in [0.25, 0.3) is 5.91 Å². The van der Waals surface area contributed by atoms with Crippen LogP contribution in [0.3, 0.4) is 0 Å². The molecule has 3 rings (SSSR count). The normalized spacial score (nSPS) is 14.7. The number of nitrogens with one attached hydrogen (secondary N) is 1. The topological polar surface area (TPSA) is 77.1 Å². The third kappa shape index (κ3) is 6.26. The summed E-state index contributed by atoms with van der Waals surface area (Å²) in [6.07, 6.45) is 5.60. The summed E-state index contributed by atoms with van der Waals surface area (Å²) in [5.74, 6) is 0.202. The van der Waals surface area contributed by atoms with E-state index in [0.717, 1.165) is 18.8 Å². The second kappa shape index (κ2) is 11.2. The maximum Gasteiger partial charge on any atom is 0.331 e. The van der Waals surface area contributed by atoms with Gasteiger partial charge in [0.15, 0.2) is 6.10 Å². The highest BCUT2D eigenvalue weighted by molar-refractivity contribution is 5.96. The van der Waals surface area contributed by atoms with E-state index in [4.69, 9.17) is 14.2 Å². The van der Waals surface area contributed by atoms with E-state index in [0.29, 0.717) is 22.7 Å². The lowest BCUT2D eigenvalue weighted by Crippen LogP contribution is -2.30. The molecule has 7 heteroatoms. The van der Waals surface area contributed by atoms with E-state index in [1.54, 1.807) is 31.4 Å². The first kappa shape index (κ1) is 23.2. The monoisotopic (exact) mass is 438 g/mol. The molecule has 1 saturated heterocycles. The van der Waals surface area contributed by atoms with Crippen molar-refractivity contribution in [3.63, 3.8) is 0 Å². The number of hydrogen-bond donors (Lipinski definition) is 1. The Morgan fingerprint density at radius 2 is 1.72 bits per heavy atom. The van der Waals surface area contributed by atoms with Crippen molar-refractivity contribution in [3.8, 4) is 11.5 Å². The summed E-state index contributed by atoms with van der Waals surface area (Å²) in [4.78, 5) is 26.9. The summed E-state index contributed by atoms with van der Waals surface area (Å²) < 4.78 is 15.7. The molecule has 1 unspecified atom stereocenters. The molecule has 0 spiro atoms. The zero-order chi connectivity index (χ0) is 22.9. The van der Waals surface area contributed by atoms with Crippen molar-refractivity contribution < 1.29 is 23.8 Å². The standard InChI is InChI=1S/C25H30N2O5/c1-18(32-24(28)14-8-19-7-13-22(30-2)17-23(19)31-3)25(29)26-20-9-11-21(12-10-20)27-15-5-4-6-16-27/h7-14,17-18H,4-6,15-16H2,1-3H3,(H,26,29)/b14-8+. The van der Waals surface area contributed by atoms with Crippen LogP contribution >= 0.6 is 0 Å². The van der Waals surface area contributed by atoms with Crippen molar-refractivity contribution in [3.05, 3.63) is 54.1 Å². The lowest BCUT2D eigenvalue weighted by molar-refractivity contribution is -0.148. The quantitative estimate of drug-likeness (QED) is 0.490. The molecule has 7 nitrogen and oxygen atoms in total. The van der Waals surface area contributed by atoms with Gasteiger partial charge in [-0.3, -0.25) is 4.79 Å². The molecule has 1 aliphatic heterocycles. The number of benzene rings is 2. The third-order valence-electron chi connectivity index (χ3n) is 5.36. The predicted molar refractivity (Wildman–Crippen MR) is 125 cm³/mol. The SMILES string of the molecule is COc1ccc(/C=C/C(=O)OC(C)C(=O)Nc2ccc(N3CCCCC3)cc2)c(OC)c1. The number of hydrogen-bond acceptors (Lipinski definition) is 6. The van der Waals surface area contributed by atoms with Gasteiger partial charge in [-0.15, -0.1) is 0 Å². The number of amides is 1. The molecule has 1 heterocycles. The summed E-state index contributed by atoms with van der Waals surface area (Å²) in [5, 5.41) is 2.79. The van der Waals surface area contributed by atoms with Crippen molar-refractivity contribution in [2.45, 2.75) is 32.3 Å². The van der Waals surface area contributed by atoms with Gasteiger partial charge in [0.1, 0.15) is 11.5 Å². The van der Waals surface area contributed by atoms with E-state index in [9.17, 15) is 9.59 Å². The van der Waals surface area contributed by atoms with Crippen LogP contribution in [-0.4, -0.2) is 45.3 Å². The second-order valence-corrected chi connectivity index (χ2v) is 7.60. The van der Waals surface area contributed by atoms with Crippen LogP contribution in [0, 0.1) is 0 Å². The van der Waals surface area contributed by atoms with Crippen molar-refractivity contribution in [1.82, 2.24) is 0 Å². The minimum Gasteiger partial charge on any atom is -0.497 e. The third-order valence-corrected chi connectivity index (χ3v) is 5.36. The summed E-state index contributed by atoms with van der Waals surface area (Å²) >= 11 is 0. The van der Waals surface area contributed by atoms with Crippen LogP contribution < -0.4 is 19.7 Å². The van der Waals surface area contributed by atoms with Gasteiger partial charge in [-0.2, -0.15) is 0 Å². The molecule has 1 fully saturated rings. The number of methoxy groups -OCH3 is 2. The Bertz CT molecular complexity index is 949. The highest BCUT2D eigenvalue weighted by atomic mass is 16.5. The number of nitrogens with zero attached hydrogens (tertiary/aromatic N) is 1. The molecule has 170 valence electrons. The Morgan fingerprint density at radius 3 is 2.38 bits per heavy atom. The van der Waals surface area contributed by atoms with Crippen LogP contribution in [-0.2, 0) is 14.3 Å². The highest BCUT2D eigenvalue weighted by Crippen LogP contribution is 2.25. The maximum atomic E-state index is 12.4. The minimum atomic E-state index is -0.938. The Morgan fingerprint density at radius 1 is 1.00 bits per heavy atom. The largest absolute Gasteiger partial charge is 0.497 e. The molecule has 0 saturated carbocycles. The average molecular weight is 439 g/mol. The predicted octanol–water partition coefficient (Wildman–Crippen LogP) is 4.28. The van der Waals surface area contributed by atoms with E-state index in [-0.39, 0.29) is 5.91 Å². The lowest BCUT2D eigenvalue weighted by atomic mass is 10.1. The Hall–Kier alpha value is -3.48. The van der Waals surface area contributed by atoms with Crippen molar-refractivity contribution in [2.75, 3.05) is 37.5 Å². The number of carbonyl (C=O) groups excluding carboxylic acids is 2. The molecule has 0 aliphatic carbocycles. The molecule has 2 aromatic carbocycles. The van der Waals surface area contributed by atoms with Crippen molar-refractivity contribution >= 4 is 29.3 Å².